The standard InChI is InChI=1S/C21H21ClN2O2/c1-14-5-2-3-10-24(14)20(25)12-15-6-4-7-16(11-15)21-23-18-13-17(22)8-9-19(18)26-21/h4,6-9,11,13-14H,2-3,5,10,12H2,1H3/t14-/m1/s1. The predicted molar refractivity (Wildman–Crippen MR) is 103 cm³/mol. The van der Waals surface area contributed by atoms with E-state index in [2.05, 4.69) is 11.9 Å². The number of nitrogens with zero attached hydrogens (tertiary/aromatic N) is 2. The molecule has 4 nitrogen and oxygen atoms in total. The second-order valence-corrected chi connectivity index (χ2v) is 7.38. The molecule has 1 saturated heterocycles. The molecule has 1 fully saturated rings. The molecular formula is C21H21ClN2O2. The molecular weight excluding hydrogens is 348 g/mol. The minimum absolute atomic E-state index is 0.193. The Balaban J connectivity index is 1.56. The molecule has 0 bridgehead atoms. The van der Waals surface area contributed by atoms with Gasteiger partial charge < -0.3 is 9.32 Å². The van der Waals surface area contributed by atoms with Crippen molar-refractivity contribution in [2.24, 2.45) is 0 Å². The molecule has 1 aromatic heterocycles. The van der Waals surface area contributed by atoms with Crippen molar-refractivity contribution in [3.8, 4) is 11.5 Å². The highest BCUT2D eigenvalue weighted by Gasteiger charge is 2.23. The topological polar surface area (TPSA) is 46.3 Å². The van der Waals surface area contributed by atoms with Crippen LogP contribution in [0.3, 0.4) is 0 Å². The average molecular weight is 369 g/mol. The highest BCUT2D eigenvalue weighted by atomic mass is 35.5. The second-order valence-electron chi connectivity index (χ2n) is 6.94. The Morgan fingerprint density at radius 3 is 3.00 bits per heavy atom. The first-order chi connectivity index (χ1) is 12.6. The van der Waals surface area contributed by atoms with Crippen LogP contribution in [0.4, 0.5) is 0 Å². The molecule has 26 heavy (non-hydrogen) atoms. The number of likely N-dealkylation sites (tertiary alicyclic amines) is 1. The fraction of sp³-hybridized carbons (Fsp3) is 0.333. The molecule has 1 amide bonds. The number of aromatic nitrogens is 1. The number of rotatable bonds is 3. The lowest BCUT2D eigenvalue weighted by Gasteiger charge is -2.33. The van der Waals surface area contributed by atoms with Gasteiger partial charge in [-0.3, -0.25) is 4.79 Å². The van der Waals surface area contributed by atoms with Crippen LogP contribution in [-0.2, 0) is 11.2 Å². The molecule has 3 aromatic rings. The summed E-state index contributed by atoms with van der Waals surface area (Å²) >= 11 is 6.02. The number of amides is 1. The fourth-order valence-corrected chi connectivity index (χ4v) is 3.75. The lowest BCUT2D eigenvalue weighted by Crippen LogP contribution is -2.42. The molecule has 0 aliphatic carbocycles. The van der Waals surface area contributed by atoms with Gasteiger partial charge in [-0.15, -0.1) is 0 Å². The molecule has 1 aliphatic rings. The van der Waals surface area contributed by atoms with Crippen LogP contribution in [0.25, 0.3) is 22.6 Å². The third-order valence-electron chi connectivity index (χ3n) is 5.00. The van der Waals surface area contributed by atoms with Crippen molar-refractivity contribution in [3.63, 3.8) is 0 Å². The first-order valence-corrected chi connectivity index (χ1v) is 9.43. The summed E-state index contributed by atoms with van der Waals surface area (Å²) in [5.41, 5.74) is 3.28. The van der Waals surface area contributed by atoms with Crippen LogP contribution in [0.5, 0.6) is 0 Å². The third-order valence-corrected chi connectivity index (χ3v) is 5.24. The molecule has 1 atom stereocenters. The van der Waals surface area contributed by atoms with Crippen molar-refractivity contribution >= 4 is 28.6 Å². The lowest BCUT2D eigenvalue weighted by molar-refractivity contribution is -0.133. The van der Waals surface area contributed by atoms with Crippen LogP contribution in [0.2, 0.25) is 5.02 Å². The SMILES string of the molecule is C[C@@H]1CCCCN1C(=O)Cc1cccc(-c2nc3cc(Cl)ccc3o2)c1. The average Bonchev–Trinajstić information content (AvgIpc) is 3.05. The molecule has 0 saturated carbocycles. The summed E-state index contributed by atoms with van der Waals surface area (Å²) in [5, 5.41) is 0.632. The van der Waals surface area contributed by atoms with E-state index in [0.29, 0.717) is 29.0 Å². The van der Waals surface area contributed by atoms with Gasteiger partial charge in [0, 0.05) is 23.2 Å². The minimum atomic E-state index is 0.193. The number of carbonyl (C=O) groups is 1. The van der Waals surface area contributed by atoms with Gasteiger partial charge in [0.15, 0.2) is 5.58 Å². The highest BCUT2D eigenvalue weighted by Crippen LogP contribution is 2.27. The summed E-state index contributed by atoms with van der Waals surface area (Å²) in [6.45, 7) is 3.00. The molecule has 5 heteroatoms. The van der Waals surface area contributed by atoms with Gasteiger partial charge in [0.05, 0.1) is 6.42 Å². The van der Waals surface area contributed by atoms with Gasteiger partial charge in [-0.1, -0.05) is 23.7 Å². The van der Waals surface area contributed by atoms with Gasteiger partial charge in [0.25, 0.3) is 0 Å². The van der Waals surface area contributed by atoms with Crippen molar-refractivity contribution in [1.29, 1.82) is 0 Å². The maximum atomic E-state index is 12.7. The number of benzene rings is 2. The number of fused-ring (bicyclic) bond motifs is 1. The van der Waals surface area contributed by atoms with Gasteiger partial charge in [-0.2, -0.15) is 0 Å². The Morgan fingerprint density at radius 2 is 2.15 bits per heavy atom. The van der Waals surface area contributed by atoms with Gasteiger partial charge in [-0.25, -0.2) is 4.98 Å². The van der Waals surface area contributed by atoms with E-state index in [1.807, 2.05) is 35.2 Å². The molecule has 0 radical (unpaired) electrons. The van der Waals surface area contributed by atoms with E-state index in [1.54, 1.807) is 12.1 Å². The Labute approximate surface area is 157 Å². The van der Waals surface area contributed by atoms with E-state index in [4.69, 9.17) is 16.0 Å². The number of hydrogen-bond donors (Lipinski definition) is 0. The van der Waals surface area contributed by atoms with Gasteiger partial charge >= 0.3 is 0 Å². The minimum Gasteiger partial charge on any atom is -0.436 e. The monoisotopic (exact) mass is 368 g/mol. The molecule has 0 spiro atoms. The summed E-state index contributed by atoms with van der Waals surface area (Å²) in [6, 6.07) is 13.6. The molecule has 2 aromatic carbocycles. The summed E-state index contributed by atoms with van der Waals surface area (Å²) in [5.74, 6) is 0.738. The van der Waals surface area contributed by atoms with E-state index in [0.717, 1.165) is 36.0 Å². The van der Waals surface area contributed by atoms with Crippen molar-refractivity contribution in [3.05, 3.63) is 53.1 Å². The highest BCUT2D eigenvalue weighted by molar-refractivity contribution is 6.31. The van der Waals surface area contributed by atoms with Crippen LogP contribution >= 0.6 is 11.6 Å². The first kappa shape index (κ1) is 17.1. The van der Waals surface area contributed by atoms with Gasteiger partial charge in [-0.05, 0) is 62.1 Å². The molecule has 1 aliphatic heterocycles. The number of carbonyl (C=O) groups excluding carboxylic acids is 1. The van der Waals surface area contributed by atoms with Crippen LogP contribution in [0.1, 0.15) is 31.7 Å². The second kappa shape index (κ2) is 7.12. The van der Waals surface area contributed by atoms with Gasteiger partial charge in [0.1, 0.15) is 5.52 Å². The van der Waals surface area contributed by atoms with Crippen molar-refractivity contribution in [1.82, 2.24) is 9.88 Å². The van der Waals surface area contributed by atoms with E-state index in [9.17, 15) is 4.79 Å². The molecule has 4 rings (SSSR count). The lowest BCUT2D eigenvalue weighted by atomic mass is 10.0. The van der Waals surface area contributed by atoms with E-state index >= 15 is 0 Å². The van der Waals surface area contributed by atoms with Crippen LogP contribution in [0, 0.1) is 0 Å². The maximum Gasteiger partial charge on any atom is 0.227 e. The quantitative estimate of drug-likeness (QED) is 0.646. The molecule has 2 heterocycles. The Bertz CT molecular complexity index is 950. The van der Waals surface area contributed by atoms with Crippen molar-refractivity contribution < 1.29 is 9.21 Å². The smallest absolute Gasteiger partial charge is 0.227 e. The van der Waals surface area contributed by atoms with E-state index in [-0.39, 0.29) is 5.91 Å². The Kier molecular flexibility index (Phi) is 4.68. The van der Waals surface area contributed by atoms with E-state index in [1.165, 1.54) is 6.42 Å². The number of piperidine rings is 1. The van der Waals surface area contributed by atoms with Crippen molar-refractivity contribution in [2.75, 3.05) is 6.54 Å². The van der Waals surface area contributed by atoms with Crippen LogP contribution < -0.4 is 0 Å². The Hall–Kier alpha value is -2.33. The van der Waals surface area contributed by atoms with Crippen LogP contribution in [-0.4, -0.2) is 28.4 Å². The normalized spacial score (nSPS) is 17.6. The summed E-state index contributed by atoms with van der Waals surface area (Å²) in [4.78, 5) is 19.2. The fourth-order valence-electron chi connectivity index (χ4n) is 3.58. The molecule has 0 N–H and O–H groups in total. The van der Waals surface area contributed by atoms with Crippen molar-refractivity contribution in [2.45, 2.75) is 38.6 Å². The van der Waals surface area contributed by atoms with Crippen LogP contribution in [0.15, 0.2) is 46.9 Å². The predicted octanol–water partition coefficient (Wildman–Crippen LogP) is 5.09. The summed E-state index contributed by atoms with van der Waals surface area (Å²) < 4.78 is 5.84. The number of halogens is 1. The Morgan fingerprint density at radius 1 is 1.27 bits per heavy atom. The van der Waals surface area contributed by atoms with Gasteiger partial charge in [0.2, 0.25) is 11.8 Å². The number of hydrogen-bond acceptors (Lipinski definition) is 3. The largest absolute Gasteiger partial charge is 0.436 e. The third kappa shape index (κ3) is 3.47. The number of oxazole rings is 1. The van der Waals surface area contributed by atoms with E-state index < -0.39 is 0 Å². The molecule has 134 valence electrons. The molecule has 0 unspecified atom stereocenters. The summed E-state index contributed by atoms with van der Waals surface area (Å²) in [7, 11) is 0. The zero-order valence-electron chi connectivity index (χ0n) is 14.7. The zero-order chi connectivity index (χ0) is 18.1. The summed E-state index contributed by atoms with van der Waals surface area (Å²) in [6.07, 6.45) is 3.81. The maximum absolute atomic E-state index is 12.7. The first-order valence-electron chi connectivity index (χ1n) is 9.05. The zero-order valence-corrected chi connectivity index (χ0v) is 15.5.